The summed E-state index contributed by atoms with van der Waals surface area (Å²) in [5, 5.41) is 32.3. The average Bonchev–Trinajstić information content (AvgIpc) is 4.01. The summed E-state index contributed by atoms with van der Waals surface area (Å²) >= 11 is 15.6. The molecule has 0 aliphatic carbocycles. The fourth-order valence-corrected chi connectivity index (χ4v) is 10.1. The summed E-state index contributed by atoms with van der Waals surface area (Å²) in [5.74, 6) is -1.44. The van der Waals surface area contributed by atoms with Crippen LogP contribution in [-0.2, 0) is 25.4 Å². The third kappa shape index (κ3) is 16.2. The molecule has 20 heteroatoms. The Balaban J connectivity index is 0.000000201. The second kappa shape index (κ2) is 25.7. The van der Waals surface area contributed by atoms with Crippen molar-refractivity contribution in [3.05, 3.63) is 119 Å². The maximum atomic E-state index is 11.2. The lowest BCUT2D eigenvalue weighted by atomic mass is 9.98. The summed E-state index contributed by atoms with van der Waals surface area (Å²) in [6.45, 7) is 11.0. The standard InChI is InChI=1S/C20H25NO2S2.C9H9Cl2N5.C8H8N2O3S.C8H16O2/c1-14-7-11-24-18(14)17(19-15(2)8-12-25-19)6-4-10-21-9-3-5-16(13-21)20(22)23;10-5-3-1-2-4(6(5)11)7-8(12)14-9(13)16-15-7;9-14(11,12)5-7-6-3-1-2-4-8(6)13-10-7;1-3-5-7(6-4-2)8(9)10/h6-8,11-12,16H,3-5,9-10,13H2,1-2H3,(H,22,23);1-3,15H,12H2,(H3,13,14,16);1-4H,5H2,(H2,9,11,12);7H,3-6H2,1-2H3,(H,9,10)/t16-;;;/m1.../s1. The number of primary sulfonamides is 1. The molecule has 0 bridgehead atoms. The van der Waals surface area contributed by atoms with E-state index in [-0.39, 0.29) is 29.4 Å². The number of carbonyl (C=O) groups is 2. The summed E-state index contributed by atoms with van der Waals surface area (Å²) in [6, 6.07) is 16.6. The maximum Gasteiger partial charge on any atom is 0.307 e. The highest BCUT2D eigenvalue weighted by molar-refractivity contribution is 7.88. The van der Waals surface area contributed by atoms with Crippen LogP contribution in [0.15, 0.2) is 86.8 Å². The molecule has 0 spiro atoms. The number of fused-ring (bicyclic) bond motifs is 1. The first-order valence-corrected chi connectivity index (χ1v) is 25.3. The average molecular weight is 990 g/mol. The van der Waals surface area contributed by atoms with E-state index in [2.05, 4.69) is 68.7 Å². The Bertz CT molecular complexity index is 2520. The van der Waals surface area contributed by atoms with Crippen LogP contribution in [0.4, 0.5) is 0 Å². The molecule has 2 aliphatic rings. The third-order valence-electron chi connectivity index (χ3n) is 10.3. The number of thiophene rings is 2. The molecule has 5 heterocycles. The summed E-state index contributed by atoms with van der Waals surface area (Å²) < 4.78 is 26.6. The number of para-hydroxylation sites is 1. The van der Waals surface area contributed by atoms with Crippen LogP contribution < -0.4 is 27.5 Å². The van der Waals surface area contributed by atoms with E-state index in [1.54, 1.807) is 65.1 Å². The van der Waals surface area contributed by atoms with Gasteiger partial charge >= 0.3 is 11.9 Å². The number of aliphatic imine (C=N–C) groups is 1. The number of aryl methyl sites for hydroxylation is 2. The lowest BCUT2D eigenvalue weighted by Crippen LogP contribution is -2.45. The van der Waals surface area contributed by atoms with Crippen molar-refractivity contribution in [2.75, 3.05) is 19.6 Å². The number of nitrogens with one attached hydrogen (secondary N) is 2. The minimum absolute atomic E-state index is 0.102. The van der Waals surface area contributed by atoms with Gasteiger partial charge in [-0.3, -0.25) is 20.4 Å². The van der Waals surface area contributed by atoms with Gasteiger partial charge in [-0.25, -0.2) is 13.6 Å². The van der Waals surface area contributed by atoms with Crippen LogP contribution >= 0.6 is 45.9 Å². The van der Waals surface area contributed by atoms with E-state index < -0.39 is 22.0 Å². The van der Waals surface area contributed by atoms with E-state index in [1.165, 1.54) is 26.5 Å². The van der Waals surface area contributed by atoms with Crippen LogP contribution in [0.1, 0.15) is 90.9 Å². The predicted octanol–water partition coefficient (Wildman–Crippen LogP) is 8.95. The summed E-state index contributed by atoms with van der Waals surface area (Å²) in [6.07, 6.45) is 8.69. The molecule has 2 aromatic carbocycles. The van der Waals surface area contributed by atoms with Gasteiger partial charge in [-0.05, 0) is 105 Å². The molecular weight excluding hydrogens is 932 g/mol. The lowest BCUT2D eigenvalue weighted by Gasteiger charge is -2.30. The van der Waals surface area contributed by atoms with Crippen molar-refractivity contribution in [1.29, 1.82) is 0 Å². The second-order valence-electron chi connectivity index (χ2n) is 15.4. The Hall–Kier alpha value is -4.95. The van der Waals surface area contributed by atoms with Crippen molar-refractivity contribution in [3.8, 4) is 0 Å². The van der Waals surface area contributed by atoms with Gasteiger partial charge in [-0.2, -0.15) is 4.99 Å². The lowest BCUT2D eigenvalue weighted by molar-refractivity contribution is -0.144. The first-order chi connectivity index (χ1) is 30.9. The van der Waals surface area contributed by atoms with E-state index in [9.17, 15) is 23.1 Å². The summed E-state index contributed by atoms with van der Waals surface area (Å²) in [7, 11) is -3.56. The fraction of sp³-hybridized carbons (Fsp3) is 0.378. The Morgan fingerprint density at radius 1 is 0.969 bits per heavy atom. The number of carboxylic acids is 2. The van der Waals surface area contributed by atoms with E-state index in [1.807, 2.05) is 13.8 Å². The zero-order chi connectivity index (χ0) is 47.7. The molecule has 10 N–H and O–H groups in total. The number of carboxylic acid groups (broad SMARTS) is 2. The zero-order valence-electron chi connectivity index (χ0n) is 36.9. The van der Waals surface area contributed by atoms with Crippen LogP contribution in [0.2, 0.25) is 10.0 Å². The van der Waals surface area contributed by atoms with Gasteiger partial charge in [0.05, 0.1) is 21.9 Å². The summed E-state index contributed by atoms with van der Waals surface area (Å²) in [4.78, 5) is 30.6. The van der Waals surface area contributed by atoms with Crippen molar-refractivity contribution in [3.63, 3.8) is 0 Å². The number of sulfonamides is 1. The van der Waals surface area contributed by atoms with Crippen molar-refractivity contribution in [1.82, 2.24) is 20.9 Å². The number of benzene rings is 2. The highest BCUT2D eigenvalue weighted by atomic mass is 35.5. The molecule has 15 nitrogen and oxygen atoms in total. The molecule has 0 unspecified atom stereocenters. The quantitative estimate of drug-likeness (QED) is 0.0549. The van der Waals surface area contributed by atoms with E-state index in [0.29, 0.717) is 44.5 Å². The zero-order valence-corrected chi connectivity index (χ0v) is 40.8. The Kier molecular flexibility index (Phi) is 20.8. The number of nitrogens with two attached hydrogens (primary N) is 3. The number of hydrazine groups is 1. The minimum atomic E-state index is -3.56. The molecule has 0 radical (unpaired) electrons. The Morgan fingerprint density at radius 3 is 2.17 bits per heavy atom. The molecule has 0 saturated carbocycles. The van der Waals surface area contributed by atoms with Crippen molar-refractivity contribution in [2.45, 2.75) is 78.4 Å². The molecule has 5 aromatic rings. The molecule has 1 atom stereocenters. The third-order valence-corrected chi connectivity index (χ3v) is 13.9. The normalized spacial score (nSPS) is 15.0. The second-order valence-corrected chi connectivity index (χ2v) is 19.6. The number of aromatic nitrogens is 1. The molecule has 7 rings (SSSR count). The topological polar surface area (TPSA) is 252 Å². The number of likely N-dealkylation sites (tertiary alicyclic amines) is 1. The van der Waals surface area contributed by atoms with Crippen molar-refractivity contribution >= 4 is 96.0 Å². The minimum Gasteiger partial charge on any atom is -0.481 e. The first kappa shape index (κ1) is 52.7. The molecular formula is C45H58Cl2N8O7S3. The molecule has 352 valence electrons. The first-order valence-electron chi connectivity index (χ1n) is 21.0. The molecule has 1 saturated heterocycles. The predicted molar refractivity (Wildman–Crippen MR) is 264 cm³/mol. The number of nitrogens with zero attached hydrogens (tertiary/aromatic N) is 3. The van der Waals surface area contributed by atoms with Gasteiger partial charge in [-0.15, -0.1) is 22.7 Å². The molecule has 1 fully saturated rings. The van der Waals surface area contributed by atoms with E-state index >= 15 is 0 Å². The van der Waals surface area contributed by atoms with Gasteiger partial charge < -0.3 is 31.1 Å². The van der Waals surface area contributed by atoms with Crippen LogP contribution in [-0.4, -0.2) is 66.2 Å². The number of guanidine groups is 1. The Labute approximate surface area is 398 Å². The molecule has 0 amide bonds. The maximum absolute atomic E-state index is 11.2. The monoisotopic (exact) mass is 988 g/mol. The number of halogens is 2. The van der Waals surface area contributed by atoms with Crippen LogP contribution in [0.25, 0.3) is 22.2 Å². The number of piperidine rings is 1. The van der Waals surface area contributed by atoms with Gasteiger partial charge in [-0.1, -0.05) is 85.4 Å². The highest BCUT2D eigenvalue weighted by Crippen LogP contribution is 2.36. The molecule has 2 aliphatic heterocycles. The van der Waals surface area contributed by atoms with E-state index in [4.69, 9.17) is 49.4 Å². The van der Waals surface area contributed by atoms with Crippen LogP contribution in [0, 0.1) is 25.7 Å². The van der Waals surface area contributed by atoms with E-state index in [0.717, 1.165) is 58.0 Å². The molecule has 3 aromatic heterocycles. The van der Waals surface area contributed by atoms with Gasteiger partial charge in [0, 0.05) is 39.4 Å². The van der Waals surface area contributed by atoms with Crippen LogP contribution in [0.3, 0.4) is 0 Å². The van der Waals surface area contributed by atoms with Gasteiger partial charge in [0.1, 0.15) is 17.1 Å². The van der Waals surface area contributed by atoms with Crippen LogP contribution in [0.5, 0.6) is 0 Å². The largest absolute Gasteiger partial charge is 0.481 e. The fourth-order valence-electron chi connectivity index (χ4n) is 7.06. The Morgan fingerprint density at radius 2 is 1.62 bits per heavy atom. The highest BCUT2D eigenvalue weighted by Gasteiger charge is 2.25. The van der Waals surface area contributed by atoms with Crippen molar-refractivity contribution < 1.29 is 32.7 Å². The van der Waals surface area contributed by atoms with Gasteiger partial charge in [0.25, 0.3) is 0 Å². The number of aliphatic carboxylic acids is 2. The number of hydrogen-bond acceptors (Lipinski definition) is 14. The molecule has 65 heavy (non-hydrogen) atoms. The number of hydrogen-bond donors (Lipinski definition) is 7. The number of rotatable bonds is 14. The summed E-state index contributed by atoms with van der Waals surface area (Å²) in [5.41, 5.74) is 22.7. The smallest absolute Gasteiger partial charge is 0.307 e. The van der Waals surface area contributed by atoms with Gasteiger partial charge in [0.15, 0.2) is 11.4 Å². The van der Waals surface area contributed by atoms with Gasteiger partial charge in [0.2, 0.25) is 16.0 Å². The SMILES string of the molecule is CCCC(CCC)C(=O)O.Cc1ccsc1C(=CCCN1CCC[C@@H](C(=O)O)C1)c1sccc1C.NC1=NC(N)=C(c2cccc(Cl)c2Cl)NN1.NS(=O)(=O)Cc1noc2ccccc12. The van der Waals surface area contributed by atoms with Crippen molar-refractivity contribution in [2.24, 2.45) is 33.4 Å².